The first-order valence-corrected chi connectivity index (χ1v) is 5.44. The highest BCUT2D eigenvalue weighted by atomic mass is 19.1. The lowest BCUT2D eigenvalue weighted by molar-refractivity contribution is -0.385. The number of nitrogens with zero attached hydrogens (tertiary/aromatic N) is 2. The number of aliphatic hydroxyl groups is 2. The third-order valence-electron chi connectivity index (χ3n) is 2.39. The van der Waals surface area contributed by atoms with E-state index in [1.54, 1.807) is 4.90 Å². The van der Waals surface area contributed by atoms with Gasteiger partial charge in [-0.1, -0.05) is 0 Å². The molecule has 2 N–H and O–H groups in total. The lowest BCUT2D eigenvalue weighted by atomic mass is 10.2. The molecular weight excluding hydrogens is 243 g/mol. The van der Waals surface area contributed by atoms with Crippen LogP contribution >= 0.6 is 0 Å². The minimum atomic E-state index is -0.674. The molecule has 0 heterocycles. The van der Waals surface area contributed by atoms with Gasteiger partial charge in [0.15, 0.2) is 0 Å². The van der Waals surface area contributed by atoms with Crippen molar-refractivity contribution in [2.45, 2.75) is 6.54 Å². The standard InChI is InChI=1S/C11H15FN2O4/c12-10-5-9(6-11(7-10)14(17)18)8-13(1-3-15)2-4-16/h5-7,15-16H,1-4,8H2. The van der Waals surface area contributed by atoms with Crippen LogP contribution in [0.1, 0.15) is 5.56 Å². The first kappa shape index (κ1) is 14.5. The molecule has 18 heavy (non-hydrogen) atoms. The lowest BCUT2D eigenvalue weighted by Gasteiger charge is -2.19. The van der Waals surface area contributed by atoms with Gasteiger partial charge in [-0.3, -0.25) is 15.0 Å². The van der Waals surface area contributed by atoms with Crippen LogP contribution < -0.4 is 0 Å². The van der Waals surface area contributed by atoms with E-state index in [-0.39, 0.29) is 25.4 Å². The number of rotatable bonds is 7. The molecule has 0 spiro atoms. The Bertz CT molecular complexity index is 408. The summed E-state index contributed by atoms with van der Waals surface area (Å²) >= 11 is 0. The van der Waals surface area contributed by atoms with E-state index in [1.807, 2.05) is 0 Å². The molecule has 7 heteroatoms. The maximum absolute atomic E-state index is 13.2. The van der Waals surface area contributed by atoms with E-state index < -0.39 is 10.7 Å². The normalized spacial score (nSPS) is 10.9. The van der Waals surface area contributed by atoms with E-state index in [0.29, 0.717) is 18.7 Å². The van der Waals surface area contributed by atoms with Crippen LogP contribution in [0.4, 0.5) is 10.1 Å². The van der Waals surface area contributed by atoms with Gasteiger partial charge in [-0.2, -0.15) is 0 Å². The van der Waals surface area contributed by atoms with E-state index in [0.717, 1.165) is 6.07 Å². The van der Waals surface area contributed by atoms with Gasteiger partial charge in [0.1, 0.15) is 5.82 Å². The average Bonchev–Trinajstić information content (AvgIpc) is 2.28. The third-order valence-corrected chi connectivity index (χ3v) is 2.39. The van der Waals surface area contributed by atoms with Crippen molar-refractivity contribution in [3.63, 3.8) is 0 Å². The van der Waals surface area contributed by atoms with E-state index in [4.69, 9.17) is 10.2 Å². The van der Waals surface area contributed by atoms with Crippen LogP contribution in [0.15, 0.2) is 18.2 Å². The Kier molecular flexibility index (Phi) is 5.63. The van der Waals surface area contributed by atoms with E-state index in [2.05, 4.69) is 0 Å². The van der Waals surface area contributed by atoms with Crippen molar-refractivity contribution in [2.24, 2.45) is 0 Å². The largest absolute Gasteiger partial charge is 0.395 e. The van der Waals surface area contributed by atoms with Gasteiger partial charge in [-0.25, -0.2) is 4.39 Å². The van der Waals surface area contributed by atoms with E-state index >= 15 is 0 Å². The molecular formula is C11H15FN2O4. The topological polar surface area (TPSA) is 86.8 Å². The number of halogens is 1. The zero-order valence-electron chi connectivity index (χ0n) is 9.75. The SMILES string of the molecule is O=[N+]([O-])c1cc(F)cc(CN(CCO)CCO)c1. The van der Waals surface area contributed by atoms with Crippen LogP contribution in [-0.2, 0) is 6.54 Å². The van der Waals surface area contributed by atoms with Crippen molar-refractivity contribution in [2.75, 3.05) is 26.3 Å². The molecule has 0 atom stereocenters. The van der Waals surface area contributed by atoms with Crippen molar-refractivity contribution in [3.05, 3.63) is 39.7 Å². The second-order valence-corrected chi connectivity index (χ2v) is 3.80. The highest BCUT2D eigenvalue weighted by molar-refractivity contribution is 5.35. The van der Waals surface area contributed by atoms with Crippen molar-refractivity contribution >= 4 is 5.69 Å². The Balaban J connectivity index is 2.84. The first-order valence-electron chi connectivity index (χ1n) is 5.44. The zero-order chi connectivity index (χ0) is 13.5. The Morgan fingerprint density at radius 3 is 2.33 bits per heavy atom. The Labute approximate surface area is 103 Å². The molecule has 1 aromatic rings. The average molecular weight is 258 g/mol. The van der Waals surface area contributed by atoms with Gasteiger partial charge in [-0.05, 0) is 11.6 Å². The molecule has 0 aromatic heterocycles. The Hall–Kier alpha value is -1.57. The maximum Gasteiger partial charge on any atom is 0.272 e. The Morgan fingerprint density at radius 1 is 1.22 bits per heavy atom. The molecule has 6 nitrogen and oxygen atoms in total. The van der Waals surface area contributed by atoms with Crippen LogP contribution in [0, 0.1) is 15.9 Å². The van der Waals surface area contributed by atoms with Crippen LogP contribution in [0.5, 0.6) is 0 Å². The summed E-state index contributed by atoms with van der Waals surface area (Å²) in [7, 11) is 0. The van der Waals surface area contributed by atoms with Crippen molar-refractivity contribution in [1.29, 1.82) is 0 Å². The van der Waals surface area contributed by atoms with E-state index in [9.17, 15) is 14.5 Å². The maximum atomic E-state index is 13.2. The fourth-order valence-electron chi connectivity index (χ4n) is 1.64. The zero-order valence-corrected chi connectivity index (χ0v) is 9.75. The van der Waals surface area contributed by atoms with Gasteiger partial charge in [0.2, 0.25) is 0 Å². The summed E-state index contributed by atoms with van der Waals surface area (Å²) in [5, 5.41) is 28.3. The minimum absolute atomic E-state index is 0.0998. The predicted octanol–water partition coefficient (Wildman–Crippen LogP) is 0.520. The summed E-state index contributed by atoms with van der Waals surface area (Å²) in [6.45, 7) is 0.657. The van der Waals surface area contributed by atoms with Gasteiger partial charge in [0.25, 0.3) is 5.69 Å². The number of aliphatic hydroxyl groups excluding tert-OH is 2. The molecule has 0 aliphatic rings. The predicted molar refractivity (Wildman–Crippen MR) is 62.5 cm³/mol. The number of nitro groups is 1. The van der Waals surface area contributed by atoms with Gasteiger partial charge >= 0.3 is 0 Å². The second kappa shape index (κ2) is 7.00. The second-order valence-electron chi connectivity index (χ2n) is 3.80. The highest BCUT2D eigenvalue weighted by Gasteiger charge is 2.12. The smallest absolute Gasteiger partial charge is 0.272 e. The quantitative estimate of drug-likeness (QED) is 0.550. The van der Waals surface area contributed by atoms with Crippen LogP contribution in [0.3, 0.4) is 0 Å². The van der Waals surface area contributed by atoms with Crippen LogP contribution in [-0.4, -0.2) is 46.3 Å². The highest BCUT2D eigenvalue weighted by Crippen LogP contribution is 2.17. The molecule has 0 unspecified atom stereocenters. The van der Waals surface area contributed by atoms with Gasteiger partial charge in [-0.15, -0.1) is 0 Å². The van der Waals surface area contributed by atoms with Gasteiger partial charge in [0, 0.05) is 25.7 Å². The fourth-order valence-corrected chi connectivity index (χ4v) is 1.64. The van der Waals surface area contributed by atoms with Crippen LogP contribution in [0.2, 0.25) is 0 Å². The van der Waals surface area contributed by atoms with Crippen LogP contribution in [0.25, 0.3) is 0 Å². The van der Waals surface area contributed by atoms with Crippen molar-refractivity contribution in [3.8, 4) is 0 Å². The minimum Gasteiger partial charge on any atom is -0.395 e. The molecule has 0 saturated heterocycles. The first-order chi connectivity index (χ1) is 8.56. The van der Waals surface area contributed by atoms with Gasteiger partial charge < -0.3 is 10.2 Å². The summed E-state index contributed by atoms with van der Waals surface area (Å²) in [6, 6.07) is 3.34. The molecule has 100 valence electrons. The molecule has 1 rings (SSSR count). The molecule has 0 saturated carbocycles. The van der Waals surface area contributed by atoms with E-state index in [1.165, 1.54) is 12.1 Å². The number of non-ortho nitro benzene ring substituents is 1. The lowest BCUT2D eigenvalue weighted by Crippen LogP contribution is -2.29. The molecule has 0 aliphatic heterocycles. The number of nitro benzene ring substituents is 1. The Morgan fingerprint density at radius 2 is 1.83 bits per heavy atom. The number of hydrogen-bond donors (Lipinski definition) is 2. The summed E-state index contributed by atoms with van der Waals surface area (Å²) in [5.41, 5.74) is 0.126. The molecule has 0 amide bonds. The molecule has 0 aliphatic carbocycles. The summed E-state index contributed by atoms with van der Waals surface area (Å²) in [4.78, 5) is 11.6. The number of hydrogen-bond acceptors (Lipinski definition) is 5. The molecule has 1 aromatic carbocycles. The molecule has 0 bridgehead atoms. The van der Waals surface area contributed by atoms with Crippen molar-refractivity contribution in [1.82, 2.24) is 4.90 Å². The molecule has 0 radical (unpaired) electrons. The third kappa shape index (κ3) is 4.36. The monoisotopic (exact) mass is 258 g/mol. The van der Waals surface area contributed by atoms with Crippen molar-refractivity contribution < 1.29 is 19.5 Å². The molecule has 0 fully saturated rings. The summed E-state index contributed by atoms with van der Waals surface area (Å²) in [6.07, 6.45) is 0. The number of benzene rings is 1. The summed E-state index contributed by atoms with van der Waals surface area (Å²) < 4.78 is 13.2. The fraction of sp³-hybridized carbons (Fsp3) is 0.455. The summed E-state index contributed by atoms with van der Waals surface area (Å²) in [5.74, 6) is -0.674. The van der Waals surface area contributed by atoms with Gasteiger partial charge in [0.05, 0.1) is 24.2 Å².